The highest BCUT2D eigenvalue weighted by Crippen LogP contribution is 2.38. The van der Waals surface area contributed by atoms with Crippen molar-refractivity contribution in [3.8, 4) is 11.1 Å². The second-order valence-corrected chi connectivity index (χ2v) is 9.41. The van der Waals surface area contributed by atoms with Crippen LogP contribution in [0.25, 0.3) is 33.1 Å². The number of fused-ring (bicyclic) bond motifs is 3. The lowest BCUT2D eigenvalue weighted by atomic mass is 9.89. The van der Waals surface area contributed by atoms with Crippen molar-refractivity contribution in [3.63, 3.8) is 0 Å². The molecular weight excluding hydrogens is 440 g/mol. The van der Waals surface area contributed by atoms with E-state index in [-0.39, 0.29) is 11.8 Å². The fraction of sp³-hybridized carbons (Fsp3) is 0.370. The van der Waals surface area contributed by atoms with Crippen LogP contribution in [-0.4, -0.2) is 51.8 Å². The number of hydrogen-bond donors (Lipinski definition) is 2. The van der Waals surface area contributed by atoms with Crippen LogP contribution < -0.4 is 11.6 Å². The Kier molecular flexibility index (Phi) is 6.06. The topological polar surface area (TPSA) is 112 Å². The summed E-state index contributed by atoms with van der Waals surface area (Å²) in [7, 11) is 0. The maximum absolute atomic E-state index is 13.1. The van der Waals surface area contributed by atoms with Crippen molar-refractivity contribution in [2.24, 2.45) is 0 Å². The maximum Gasteiger partial charge on any atom is 0.254 e. The van der Waals surface area contributed by atoms with Gasteiger partial charge in [-0.05, 0) is 47.2 Å². The number of nitrogen functional groups attached to an aromatic ring is 2. The van der Waals surface area contributed by atoms with Crippen LogP contribution >= 0.6 is 0 Å². The second kappa shape index (κ2) is 9.19. The van der Waals surface area contributed by atoms with Crippen LogP contribution in [0.3, 0.4) is 0 Å². The minimum absolute atomic E-state index is 0.0293. The van der Waals surface area contributed by atoms with E-state index in [4.69, 9.17) is 21.3 Å². The highest BCUT2D eigenvalue weighted by molar-refractivity contribution is 6.09. The number of morpholine rings is 1. The van der Waals surface area contributed by atoms with Crippen LogP contribution in [0.4, 0.5) is 5.82 Å². The molecule has 0 atom stereocenters. The van der Waals surface area contributed by atoms with Gasteiger partial charge >= 0.3 is 0 Å². The third kappa shape index (κ3) is 3.97. The molecule has 8 heteroatoms. The molecule has 0 radical (unpaired) electrons. The molecule has 2 aromatic carbocycles. The first kappa shape index (κ1) is 23.1. The van der Waals surface area contributed by atoms with Gasteiger partial charge < -0.3 is 21.2 Å². The van der Waals surface area contributed by atoms with Gasteiger partial charge in [0, 0.05) is 30.5 Å². The highest BCUT2D eigenvalue weighted by Gasteiger charge is 2.22. The molecule has 182 valence electrons. The van der Waals surface area contributed by atoms with E-state index >= 15 is 0 Å². The van der Waals surface area contributed by atoms with Gasteiger partial charge in [-0.25, -0.2) is 14.6 Å². The Morgan fingerprint density at radius 2 is 1.89 bits per heavy atom. The number of hydrogen-bond acceptors (Lipinski definition) is 6. The number of carbonyl (C=O) groups is 1. The van der Waals surface area contributed by atoms with Crippen molar-refractivity contribution < 1.29 is 9.53 Å². The van der Waals surface area contributed by atoms with Crippen molar-refractivity contribution in [1.82, 2.24) is 19.5 Å². The van der Waals surface area contributed by atoms with E-state index in [1.54, 1.807) is 4.68 Å². The fourth-order valence-electron chi connectivity index (χ4n) is 5.01. The summed E-state index contributed by atoms with van der Waals surface area (Å²) in [6.07, 6.45) is 1.71. The van der Waals surface area contributed by atoms with E-state index in [1.807, 2.05) is 35.2 Å². The molecule has 0 saturated carbocycles. The van der Waals surface area contributed by atoms with E-state index in [0.717, 1.165) is 51.8 Å². The quantitative estimate of drug-likeness (QED) is 0.423. The van der Waals surface area contributed by atoms with Crippen LogP contribution in [0.2, 0.25) is 0 Å². The van der Waals surface area contributed by atoms with Gasteiger partial charge in [-0.1, -0.05) is 39.0 Å². The molecule has 1 saturated heterocycles. The Morgan fingerprint density at radius 3 is 2.60 bits per heavy atom. The van der Waals surface area contributed by atoms with Gasteiger partial charge in [0.05, 0.1) is 18.7 Å². The van der Waals surface area contributed by atoms with Crippen molar-refractivity contribution >= 4 is 33.7 Å². The van der Waals surface area contributed by atoms with Crippen LogP contribution in [-0.2, 0) is 11.2 Å². The first-order valence-electron chi connectivity index (χ1n) is 12.3. The third-order valence-corrected chi connectivity index (χ3v) is 6.70. The Morgan fingerprint density at radius 1 is 1.11 bits per heavy atom. The summed E-state index contributed by atoms with van der Waals surface area (Å²) < 4.78 is 7.06. The molecule has 5 rings (SSSR count). The summed E-state index contributed by atoms with van der Waals surface area (Å²) in [6, 6.07) is 12.0. The van der Waals surface area contributed by atoms with E-state index in [9.17, 15) is 4.79 Å². The van der Waals surface area contributed by atoms with Crippen LogP contribution in [0.1, 0.15) is 54.9 Å². The third-order valence-electron chi connectivity index (χ3n) is 6.70. The van der Waals surface area contributed by atoms with Gasteiger partial charge in [-0.2, -0.15) is 0 Å². The summed E-state index contributed by atoms with van der Waals surface area (Å²) in [5.41, 5.74) is 12.4. The van der Waals surface area contributed by atoms with E-state index in [2.05, 4.69) is 31.8 Å². The van der Waals surface area contributed by atoms with E-state index < -0.39 is 0 Å². The minimum Gasteiger partial charge on any atom is -0.382 e. The summed E-state index contributed by atoms with van der Waals surface area (Å²) >= 11 is 0. The number of rotatable bonds is 5. The maximum atomic E-state index is 13.1. The number of benzene rings is 2. The molecule has 1 amide bonds. The average Bonchev–Trinajstić information content (AvgIpc) is 3.20. The zero-order chi connectivity index (χ0) is 24.7. The molecule has 35 heavy (non-hydrogen) atoms. The van der Waals surface area contributed by atoms with E-state index in [1.165, 1.54) is 0 Å². The molecule has 8 nitrogen and oxygen atoms in total. The second-order valence-electron chi connectivity index (χ2n) is 9.41. The first-order chi connectivity index (χ1) is 16.9. The Hall–Kier alpha value is -3.65. The molecule has 1 aliphatic rings. The lowest BCUT2D eigenvalue weighted by molar-refractivity contribution is 0.0303. The van der Waals surface area contributed by atoms with E-state index in [0.29, 0.717) is 43.2 Å². The number of aromatic nitrogens is 3. The fourth-order valence-corrected chi connectivity index (χ4v) is 5.01. The Bertz CT molecular complexity index is 1420. The van der Waals surface area contributed by atoms with Gasteiger partial charge in [0.1, 0.15) is 16.9 Å². The lowest BCUT2D eigenvalue weighted by Gasteiger charge is -2.27. The molecular formula is C27H32N6O2. The standard InChI is InChI=1S/C27H32N6O2/c1-4-6-21-30-24-25(33(21)29)20-10-9-19(22(16(2)3)23(20)31-26(24)28)17-7-5-8-18(15-17)27(34)32-11-13-35-14-12-32/h5,7-10,15-16H,4,6,11-14,29H2,1-3H3,(H2,28,31). The number of anilines is 1. The molecule has 4 aromatic rings. The molecule has 3 heterocycles. The van der Waals surface area contributed by atoms with Crippen molar-refractivity contribution in [1.29, 1.82) is 0 Å². The SMILES string of the molecule is CCCc1nc2c(N)nc3c(C(C)C)c(-c4cccc(C(=O)N5CCOCC5)c4)ccc3c2n1N. The number of ether oxygens (including phenoxy) is 1. The Labute approximate surface area is 204 Å². The van der Waals surface area contributed by atoms with Crippen LogP contribution in [0, 0.1) is 0 Å². The summed E-state index contributed by atoms with van der Waals surface area (Å²) in [5, 5.41) is 0.930. The van der Waals surface area contributed by atoms with Gasteiger partial charge in [0.25, 0.3) is 5.91 Å². The number of nitrogens with zero attached hydrogens (tertiary/aromatic N) is 4. The normalized spacial score (nSPS) is 14.3. The van der Waals surface area contributed by atoms with Crippen LogP contribution in [0.5, 0.6) is 0 Å². The average molecular weight is 473 g/mol. The van der Waals surface area contributed by atoms with Crippen LogP contribution in [0.15, 0.2) is 36.4 Å². The molecule has 0 unspecified atom stereocenters. The minimum atomic E-state index is 0.0293. The number of carbonyl (C=O) groups excluding carboxylic acids is 1. The van der Waals surface area contributed by atoms with Crippen molar-refractivity contribution in [2.75, 3.05) is 37.9 Å². The molecule has 4 N–H and O–H groups in total. The largest absolute Gasteiger partial charge is 0.382 e. The predicted molar refractivity (Wildman–Crippen MR) is 140 cm³/mol. The first-order valence-corrected chi connectivity index (χ1v) is 12.3. The lowest BCUT2D eigenvalue weighted by Crippen LogP contribution is -2.40. The number of pyridine rings is 1. The molecule has 1 fully saturated rings. The predicted octanol–water partition coefficient (Wildman–Crippen LogP) is 4.10. The number of amides is 1. The highest BCUT2D eigenvalue weighted by atomic mass is 16.5. The summed E-state index contributed by atoms with van der Waals surface area (Å²) in [5.74, 6) is 7.85. The molecule has 0 bridgehead atoms. The Balaban J connectivity index is 1.68. The van der Waals surface area contributed by atoms with Gasteiger partial charge in [0.2, 0.25) is 0 Å². The molecule has 1 aliphatic heterocycles. The van der Waals surface area contributed by atoms with Gasteiger partial charge in [-0.15, -0.1) is 0 Å². The summed E-state index contributed by atoms with van der Waals surface area (Å²) in [6.45, 7) is 8.76. The molecule has 2 aromatic heterocycles. The smallest absolute Gasteiger partial charge is 0.254 e. The van der Waals surface area contributed by atoms with Gasteiger partial charge in [0.15, 0.2) is 5.82 Å². The number of aryl methyl sites for hydroxylation is 1. The zero-order valence-corrected chi connectivity index (χ0v) is 20.5. The summed E-state index contributed by atoms with van der Waals surface area (Å²) in [4.78, 5) is 24.5. The molecule has 0 spiro atoms. The number of imidazole rings is 1. The number of nitrogens with two attached hydrogens (primary N) is 2. The molecule has 0 aliphatic carbocycles. The zero-order valence-electron chi connectivity index (χ0n) is 20.5. The van der Waals surface area contributed by atoms with Gasteiger partial charge in [-0.3, -0.25) is 4.79 Å². The van der Waals surface area contributed by atoms with Crippen molar-refractivity contribution in [2.45, 2.75) is 39.5 Å². The monoisotopic (exact) mass is 472 g/mol. The van der Waals surface area contributed by atoms with Crippen molar-refractivity contribution in [3.05, 3.63) is 53.3 Å².